The van der Waals surface area contributed by atoms with Crippen LogP contribution in [0.5, 0.6) is 0 Å². The number of nitrogens with zero attached hydrogens (tertiary/aromatic N) is 4. The molecule has 108 heavy (non-hydrogen) atoms. The molecule has 8 aliphatic heterocycles. The van der Waals surface area contributed by atoms with Gasteiger partial charge in [0.05, 0.1) is 36.5 Å². The fourth-order valence-electron chi connectivity index (χ4n) is 16.7. The van der Waals surface area contributed by atoms with E-state index in [0.717, 1.165) is 15.4 Å². The minimum Gasteiger partial charge on any atom is -0.393 e. The predicted molar refractivity (Wildman–Crippen MR) is 398 cm³/mol. The number of hydrogen-bond acceptors (Lipinski definition) is 20. The highest BCUT2D eigenvalue weighted by Crippen LogP contribution is 2.52. The second-order valence-electron chi connectivity index (χ2n) is 33.3. The number of para-hydroxylation sites is 1. The van der Waals surface area contributed by atoms with Crippen molar-refractivity contribution in [2.45, 2.75) is 284 Å². The minimum atomic E-state index is -1.75. The average Bonchev–Trinajstić information content (AvgIpc) is 1.56. The molecular weight excluding hydrogens is 1390 g/mol. The summed E-state index contributed by atoms with van der Waals surface area (Å²) < 4.78 is 0. The van der Waals surface area contributed by atoms with Crippen LogP contribution in [0.3, 0.4) is 0 Å². The van der Waals surface area contributed by atoms with Crippen molar-refractivity contribution in [1.29, 1.82) is 0 Å². The minimum absolute atomic E-state index is 0. The van der Waals surface area contributed by atoms with Gasteiger partial charge in [-0.1, -0.05) is 126 Å². The summed E-state index contributed by atoms with van der Waals surface area (Å²) in [6.45, 7) is 26.1. The van der Waals surface area contributed by atoms with Gasteiger partial charge in [0.2, 0.25) is 59.1 Å². The molecule has 0 bridgehead atoms. The Kier molecular flexibility index (Phi) is 27.2. The summed E-state index contributed by atoms with van der Waals surface area (Å²) in [7, 11) is 0. The van der Waals surface area contributed by atoms with E-state index in [1.165, 1.54) is 23.6 Å². The fraction of sp³-hybridized carbons (Fsp3) is 0.692. The van der Waals surface area contributed by atoms with E-state index in [1.54, 1.807) is 91.8 Å². The maximum Gasteiger partial charge on any atom is 0.250 e. The molecule has 8 aliphatic rings. The number of ketones is 2. The first kappa shape index (κ1) is 85.4. The molecule has 6 saturated heterocycles. The van der Waals surface area contributed by atoms with Crippen molar-refractivity contribution in [2.24, 2.45) is 47.3 Å². The Bertz CT molecular complexity index is 3720. The molecule has 0 radical (unpaired) electrons. The van der Waals surface area contributed by atoms with Gasteiger partial charge in [0, 0.05) is 86.0 Å². The smallest absolute Gasteiger partial charge is 0.250 e. The molecule has 2 aromatic rings. The number of hydrogen-bond donors (Lipinski definition) is 14. The molecule has 0 aliphatic carbocycles. The lowest BCUT2D eigenvalue weighted by Crippen LogP contribution is -2.64. The summed E-state index contributed by atoms with van der Waals surface area (Å²) in [6.07, 6.45) is -7.52. The van der Waals surface area contributed by atoms with Gasteiger partial charge in [-0.05, 0) is 94.1 Å². The third-order valence-electron chi connectivity index (χ3n) is 22.7. The summed E-state index contributed by atoms with van der Waals surface area (Å²) >= 11 is 0. The first-order chi connectivity index (χ1) is 50.1. The Morgan fingerprint density at radius 3 is 1.17 bits per heavy atom. The number of carbonyl (C=O) groups is 12. The predicted octanol–water partition coefficient (Wildman–Crippen LogP) is 1.67. The second-order valence-corrected chi connectivity index (χ2v) is 33.3. The zero-order valence-corrected chi connectivity index (χ0v) is 64.3. The highest BCUT2D eigenvalue weighted by molar-refractivity contribution is 6.02. The largest absolute Gasteiger partial charge is 0.393 e. The average molecular weight is 1510 g/mol. The number of aliphatic hydroxyl groups excluding tert-OH is 4. The number of aryl methyl sites for hydroxylation is 1. The van der Waals surface area contributed by atoms with Crippen LogP contribution in [0.25, 0.3) is 0 Å². The SMILES string of the molecule is C.CC(C)C[C@@H]1NC(=O)[C@H]2C[C@@H](O)CCN2C(=O)[C@H](C(C)C)CC(=O)[C@@H](C(C)C)NC(=O)[C@@H]2C[C@@]3(O)c4ccccc4N[C@H]3N2C(=O)[C@@H]([C@H](C)O)NC1=O.Cc1ccc2c(c1)[C@]1(O)C[C@H]3C(=O)N[C@H](C(C)C)C(=O)C[C@@H](C(C)C)C(=O)N4CC[C@H](O)C[C@@H]4C(=O)N[C@@H](CC(C)C)C(=O)N[C@H]([C@H](C)O)C(=O)N3[C@@H]1N2. The lowest BCUT2D eigenvalue weighted by atomic mass is 9.84. The van der Waals surface area contributed by atoms with Gasteiger partial charge in [-0.15, -0.1) is 0 Å². The summed E-state index contributed by atoms with van der Waals surface area (Å²) in [5, 5.41) is 90.5. The number of rotatable bonds is 10. The van der Waals surface area contributed by atoms with Crippen LogP contribution in [0.15, 0.2) is 42.5 Å². The van der Waals surface area contributed by atoms with E-state index < -0.39 is 203 Å². The third-order valence-corrected chi connectivity index (χ3v) is 22.7. The van der Waals surface area contributed by atoms with Crippen LogP contribution in [-0.2, 0) is 68.7 Å². The maximum atomic E-state index is 14.7. The normalized spacial score (nSPS) is 33.2. The number of benzene rings is 2. The molecule has 2 aromatic carbocycles. The van der Waals surface area contributed by atoms with Crippen molar-refractivity contribution >= 4 is 82.0 Å². The van der Waals surface area contributed by atoms with Gasteiger partial charge in [0.25, 0.3) is 0 Å². The van der Waals surface area contributed by atoms with Crippen molar-refractivity contribution in [1.82, 2.24) is 51.5 Å². The van der Waals surface area contributed by atoms with Crippen LogP contribution in [-0.4, -0.2) is 231 Å². The van der Waals surface area contributed by atoms with Gasteiger partial charge < -0.3 is 92.8 Å². The molecular formula is C78H118N12O18. The van der Waals surface area contributed by atoms with Gasteiger partial charge >= 0.3 is 0 Å². The van der Waals surface area contributed by atoms with Crippen LogP contribution >= 0.6 is 0 Å². The van der Waals surface area contributed by atoms with Crippen LogP contribution in [0.1, 0.15) is 185 Å². The van der Waals surface area contributed by atoms with Gasteiger partial charge in [-0.2, -0.15) is 0 Å². The molecule has 14 N–H and O–H groups in total. The maximum absolute atomic E-state index is 14.7. The van der Waals surface area contributed by atoms with E-state index in [2.05, 4.69) is 42.5 Å². The van der Waals surface area contributed by atoms with Crippen molar-refractivity contribution in [3.05, 3.63) is 59.2 Å². The van der Waals surface area contributed by atoms with Crippen molar-refractivity contribution in [3.63, 3.8) is 0 Å². The molecule has 0 saturated carbocycles. The molecule has 10 rings (SSSR count). The number of anilines is 2. The Hall–Kier alpha value is -8.16. The second kappa shape index (κ2) is 34.4. The Morgan fingerprint density at radius 2 is 0.796 bits per heavy atom. The number of aliphatic hydroxyl groups is 6. The Labute approximate surface area is 633 Å². The third kappa shape index (κ3) is 17.7. The van der Waals surface area contributed by atoms with E-state index in [-0.39, 0.29) is 108 Å². The fourth-order valence-corrected chi connectivity index (χ4v) is 16.7. The van der Waals surface area contributed by atoms with Crippen LogP contribution < -0.4 is 42.5 Å². The zero-order chi connectivity index (χ0) is 79.1. The standard InChI is InChI=1S/C39H58N6O9.C38H56N6O9.CH4/c1-18(2)13-27-33(49)43-32(22(8)46)37(53)45-29(17-39(54)25-14-21(7)9-10-26(25)41-38(39)45)35(51)42-31(20(5)6)30(48)16-24(19(3)4)36(52)44-12-11-23(47)15-28(44)34(50)40-27;1-18(2)14-26-32(48)42-31(21(7)45)36(52)44-28(17-38(53)24-10-8-9-11-25(24)40-37(38)44)34(50)41-30(20(5)6)29(47)16-23(19(3)4)35(51)43-13-12-22(46)15-27(43)33(49)39-26;/h9-10,14,18-20,22-24,27-29,31-32,38,41,46-47,54H,11-13,15-17H2,1-8H3,(H,40,50)(H,42,51)(H,43,49);8-11,18-23,26-28,30-31,37,40,45-46,53H,12-17H2,1-7H3,(H,39,49)(H,41,50)(H,42,48);1H4/t22-,23-,24-,27-,28+,29-,31+,32+,38-,39+;21-,22-,23-,26-,27+,28-,30+,31+,37-,38+;/m00./s1. The van der Waals surface area contributed by atoms with Crippen LogP contribution in [0.2, 0.25) is 0 Å². The molecule has 0 spiro atoms. The van der Waals surface area contributed by atoms with Gasteiger partial charge in [-0.25, -0.2) is 0 Å². The highest BCUT2D eigenvalue weighted by Gasteiger charge is 2.64. The quantitative estimate of drug-likeness (QED) is 0.161. The van der Waals surface area contributed by atoms with E-state index in [9.17, 15) is 88.2 Å². The van der Waals surface area contributed by atoms with E-state index in [1.807, 2.05) is 40.7 Å². The first-order valence-corrected chi connectivity index (χ1v) is 38.1. The van der Waals surface area contributed by atoms with Gasteiger partial charge in [0.15, 0.2) is 11.6 Å². The molecule has 6 fully saturated rings. The highest BCUT2D eigenvalue weighted by atomic mass is 16.3. The molecule has 0 unspecified atom stereocenters. The monoisotopic (exact) mass is 1510 g/mol. The number of Topliss-reactive ketones (excluding diaryl/α,β-unsaturated/α-hetero) is 2. The van der Waals surface area contributed by atoms with Crippen molar-refractivity contribution < 1.29 is 88.2 Å². The van der Waals surface area contributed by atoms with Gasteiger partial charge in [0.1, 0.15) is 71.9 Å². The van der Waals surface area contributed by atoms with Crippen molar-refractivity contribution in [2.75, 3.05) is 23.7 Å². The molecule has 0 aromatic heterocycles. The van der Waals surface area contributed by atoms with E-state index in [4.69, 9.17) is 0 Å². The lowest BCUT2D eigenvalue weighted by Gasteiger charge is -2.40. The number of fused-ring (bicyclic) bond motifs is 12. The van der Waals surface area contributed by atoms with E-state index in [0.29, 0.717) is 22.5 Å². The number of carbonyl (C=O) groups excluding carboxylic acids is 12. The summed E-state index contributed by atoms with van der Waals surface area (Å²) in [6, 6.07) is -0.470. The summed E-state index contributed by atoms with van der Waals surface area (Å²) in [4.78, 5) is 176. The summed E-state index contributed by atoms with van der Waals surface area (Å²) in [5.74, 6) is -11.2. The zero-order valence-electron chi connectivity index (χ0n) is 64.3. The van der Waals surface area contributed by atoms with E-state index >= 15 is 0 Å². The molecule has 30 nitrogen and oxygen atoms in total. The Balaban J connectivity index is 0.000000270. The summed E-state index contributed by atoms with van der Waals surface area (Å²) in [5.41, 5.74) is -0.608. The molecule has 10 amide bonds. The van der Waals surface area contributed by atoms with Gasteiger partial charge in [-0.3, -0.25) is 57.5 Å². The topological polar surface area (TPSA) is 435 Å². The van der Waals surface area contributed by atoms with Crippen LogP contribution in [0, 0.1) is 54.3 Å². The molecule has 30 heteroatoms. The Morgan fingerprint density at radius 1 is 0.435 bits per heavy atom. The number of nitrogens with one attached hydrogen (secondary N) is 8. The van der Waals surface area contributed by atoms with Crippen molar-refractivity contribution in [3.8, 4) is 0 Å². The number of amides is 10. The number of piperidine rings is 2. The first-order valence-electron chi connectivity index (χ1n) is 38.1. The molecule has 8 heterocycles. The lowest BCUT2D eigenvalue weighted by molar-refractivity contribution is -0.151. The van der Waals surface area contributed by atoms with Crippen LogP contribution in [0.4, 0.5) is 11.4 Å². The molecule has 598 valence electrons. The molecule has 20 atom stereocenters.